The van der Waals surface area contributed by atoms with E-state index in [9.17, 15) is 13.6 Å². The molecule has 0 saturated heterocycles. The number of ether oxygens (including phenoxy) is 1. The molecule has 0 spiro atoms. The maximum Gasteiger partial charge on any atom is 0.257 e. The summed E-state index contributed by atoms with van der Waals surface area (Å²) >= 11 is 1.49. The van der Waals surface area contributed by atoms with E-state index in [1.165, 1.54) is 47.7 Å². The lowest BCUT2D eigenvalue weighted by molar-refractivity contribution is -0.123. The van der Waals surface area contributed by atoms with Crippen LogP contribution < -0.4 is 10.1 Å². The van der Waals surface area contributed by atoms with Crippen LogP contribution in [-0.2, 0) is 11.2 Å². The van der Waals surface area contributed by atoms with Crippen LogP contribution in [0.15, 0.2) is 48.5 Å². The van der Waals surface area contributed by atoms with Gasteiger partial charge in [0.15, 0.2) is 6.61 Å². The molecule has 4 nitrogen and oxygen atoms in total. The molecule has 0 unspecified atom stereocenters. The first kappa shape index (κ1) is 19.0. The predicted octanol–water partition coefficient (Wildman–Crippen LogP) is 4.13. The van der Waals surface area contributed by atoms with Crippen LogP contribution in [0.2, 0.25) is 0 Å². The fourth-order valence-corrected chi connectivity index (χ4v) is 3.51. The summed E-state index contributed by atoms with van der Waals surface area (Å²) in [5.41, 5.74) is 1.61. The number of hydrogen-bond acceptors (Lipinski definition) is 4. The molecule has 1 aromatic heterocycles. The summed E-state index contributed by atoms with van der Waals surface area (Å²) < 4.78 is 31.5. The van der Waals surface area contributed by atoms with Crippen molar-refractivity contribution in [2.45, 2.75) is 13.3 Å². The molecule has 27 heavy (non-hydrogen) atoms. The van der Waals surface area contributed by atoms with Gasteiger partial charge in [-0.1, -0.05) is 12.1 Å². The van der Waals surface area contributed by atoms with E-state index < -0.39 is 0 Å². The van der Waals surface area contributed by atoms with Gasteiger partial charge >= 0.3 is 0 Å². The van der Waals surface area contributed by atoms with Gasteiger partial charge in [-0.3, -0.25) is 4.79 Å². The summed E-state index contributed by atoms with van der Waals surface area (Å²) in [5, 5.41) is 3.54. The minimum atomic E-state index is -0.357. The van der Waals surface area contributed by atoms with E-state index >= 15 is 0 Å². The summed E-state index contributed by atoms with van der Waals surface area (Å²) in [7, 11) is 0. The van der Waals surface area contributed by atoms with Crippen molar-refractivity contribution in [2.24, 2.45) is 0 Å². The van der Waals surface area contributed by atoms with Gasteiger partial charge < -0.3 is 10.1 Å². The van der Waals surface area contributed by atoms with Crippen molar-refractivity contribution in [2.75, 3.05) is 13.2 Å². The average molecular weight is 388 g/mol. The summed E-state index contributed by atoms with van der Waals surface area (Å²) in [6.07, 6.45) is 0.626. The monoisotopic (exact) mass is 388 g/mol. The Kier molecular flexibility index (Phi) is 6.13. The van der Waals surface area contributed by atoms with Crippen molar-refractivity contribution >= 4 is 17.2 Å². The summed E-state index contributed by atoms with van der Waals surface area (Å²) in [4.78, 5) is 17.4. The number of nitrogens with zero attached hydrogens (tertiary/aromatic N) is 1. The van der Waals surface area contributed by atoms with E-state index in [4.69, 9.17) is 4.74 Å². The summed E-state index contributed by atoms with van der Waals surface area (Å²) in [6, 6.07) is 11.8. The van der Waals surface area contributed by atoms with Gasteiger partial charge in [-0.05, 0) is 43.3 Å². The maximum atomic E-state index is 13.4. The molecule has 0 fully saturated rings. The van der Waals surface area contributed by atoms with E-state index in [-0.39, 0.29) is 24.1 Å². The first-order valence-electron chi connectivity index (χ1n) is 8.38. The molecule has 0 atom stereocenters. The van der Waals surface area contributed by atoms with Crippen LogP contribution in [0, 0.1) is 18.6 Å². The van der Waals surface area contributed by atoms with E-state index in [2.05, 4.69) is 10.3 Å². The van der Waals surface area contributed by atoms with Gasteiger partial charge in [0, 0.05) is 23.4 Å². The first-order valence-corrected chi connectivity index (χ1v) is 9.20. The number of aryl methyl sites for hydroxylation is 1. The van der Waals surface area contributed by atoms with Gasteiger partial charge in [0.1, 0.15) is 22.4 Å². The molecule has 1 heterocycles. The van der Waals surface area contributed by atoms with Crippen LogP contribution in [0.5, 0.6) is 5.75 Å². The molecule has 0 aliphatic rings. The second kappa shape index (κ2) is 8.73. The molecule has 2 aromatic carbocycles. The van der Waals surface area contributed by atoms with Crippen molar-refractivity contribution in [1.82, 2.24) is 10.3 Å². The number of halogens is 2. The quantitative estimate of drug-likeness (QED) is 0.662. The molecule has 0 radical (unpaired) electrons. The van der Waals surface area contributed by atoms with Crippen molar-refractivity contribution in [3.05, 3.63) is 70.7 Å². The van der Waals surface area contributed by atoms with E-state index in [1.807, 2.05) is 13.0 Å². The summed E-state index contributed by atoms with van der Waals surface area (Å²) in [5.74, 6) is -0.476. The third kappa shape index (κ3) is 5.34. The van der Waals surface area contributed by atoms with Gasteiger partial charge in [-0.15, -0.1) is 11.3 Å². The average Bonchev–Trinajstić information content (AvgIpc) is 3.02. The molecular formula is C20H18F2N2O2S. The Morgan fingerprint density at radius 1 is 1.15 bits per heavy atom. The van der Waals surface area contributed by atoms with Gasteiger partial charge in [0.2, 0.25) is 0 Å². The third-order valence-electron chi connectivity index (χ3n) is 3.82. The molecule has 1 amide bonds. The highest BCUT2D eigenvalue weighted by Gasteiger charge is 2.11. The second-order valence-corrected chi connectivity index (χ2v) is 6.96. The van der Waals surface area contributed by atoms with Crippen LogP contribution in [0.3, 0.4) is 0 Å². The number of thiazole rings is 1. The van der Waals surface area contributed by atoms with Crippen LogP contribution in [0.1, 0.15) is 10.6 Å². The van der Waals surface area contributed by atoms with Crippen molar-refractivity contribution in [3.63, 3.8) is 0 Å². The molecule has 0 aliphatic carbocycles. The standard InChI is InChI=1S/C20H18F2N2O2S/c1-13-18(27-20(24-13)14-3-2-4-16(22)11-14)9-10-23-19(25)12-26-17-7-5-15(21)6-8-17/h2-8,11H,9-10,12H2,1H3,(H,23,25). The lowest BCUT2D eigenvalue weighted by Crippen LogP contribution is -2.30. The molecule has 3 rings (SSSR count). The van der Waals surface area contributed by atoms with Crippen LogP contribution >= 0.6 is 11.3 Å². The normalized spacial score (nSPS) is 10.6. The number of hydrogen-bond donors (Lipinski definition) is 1. The number of aromatic nitrogens is 1. The van der Waals surface area contributed by atoms with Crippen LogP contribution in [-0.4, -0.2) is 24.0 Å². The van der Waals surface area contributed by atoms with Crippen LogP contribution in [0.4, 0.5) is 8.78 Å². The Morgan fingerprint density at radius 3 is 2.67 bits per heavy atom. The lowest BCUT2D eigenvalue weighted by atomic mass is 10.2. The molecule has 0 aliphatic heterocycles. The smallest absolute Gasteiger partial charge is 0.257 e. The SMILES string of the molecule is Cc1nc(-c2cccc(F)c2)sc1CCNC(=O)COc1ccc(F)cc1. The van der Waals surface area contributed by atoms with E-state index in [0.717, 1.165) is 21.1 Å². The lowest BCUT2D eigenvalue weighted by Gasteiger charge is -2.07. The third-order valence-corrected chi connectivity index (χ3v) is 5.09. The minimum Gasteiger partial charge on any atom is -0.484 e. The molecule has 1 N–H and O–H groups in total. The fourth-order valence-electron chi connectivity index (χ4n) is 2.45. The second-order valence-electron chi connectivity index (χ2n) is 5.88. The number of benzene rings is 2. The first-order chi connectivity index (χ1) is 13.0. The van der Waals surface area contributed by atoms with Gasteiger partial charge in [0.05, 0.1) is 5.69 Å². The van der Waals surface area contributed by atoms with Gasteiger partial charge in [0.25, 0.3) is 5.91 Å². The minimum absolute atomic E-state index is 0.137. The zero-order valence-electron chi connectivity index (χ0n) is 14.7. The Bertz CT molecular complexity index is 926. The molecule has 7 heteroatoms. The Hall–Kier alpha value is -2.80. The number of nitrogens with one attached hydrogen (secondary N) is 1. The van der Waals surface area contributed by atoms with Gasteiger partial charge in [-0.25, -0.2) is 13.8 Å². The molecular weight excluding hydrogens is 370 g/mol. The molecule has 140 valence electrons. The molecule has 3 aromatic rings. The number of carbonyl (C=O) groups excluding carboxylic acids is 1. The highest BCUT2D eigenvalue weighted by Crippen LogP contribution is 2.28. The van der Waals surface area contributed by atoms with E-state index in [0.29, 0.717) is 18.7 Å². The van der Waals surface area contributed by atoms with Crippen molar-refractivity contribution < 1.29 is 18.3 Å². The molecule has 0 bridgehead atoms. The van der Waals surface area contributed by atoms with E-state index in [1.54, 1.807) is 6.07 Å². The largest absolute Gasteiger partial charge is 0.484 e. The topological polar surface area (TPSA) is 51.2 Å². The van der Waals surface area contributed by atoms with Crippen molar-refractivity contribution in [1.29, 1.82) is 0 Å². The number of rotatable bonds is 7. The Balaban J connectivity index is 1.48. The zero-order chi connectivity index (χ0) is 19.2. The number of amides is 1. The fraction of sp³-hybridized carbons (Fsp3) is 0.200. The van der Waals surface area contributed by atoms with Crippen LogP contribution in [0.25, 0.3) is 10.6 Å². The zero-order valence-corrected chi connectivity index (χ0v) is 15.5. The maximum absolute atomic E-state index is 13.4. The Labute approximate surface area is 159 Å². The summed E-state index contributed by atoms with van der Waals surface area (Å²) in [6.45, 7) is 2.20. The van der Waals surface area contributed by atoms with Crippen molar-refractivity contribution in [3.8, 4) is 16.3 Å². The molecule has 0 saturated carbocycles. The Morgan fingerprint density at radius 2 is 1.93 bits per heavy atom. The highest BCUT2D eigenvalue weighted by atomic mass is 32.1. The number of carbonyl (C=O) groups is 1. The van der Waals surface area contributed by atoms with Gasteiger partial charge in [-0.2, -0.15) is 0 Å². The predicted molar refractivity (Wildman–Crippen MR) is 101 cm³/mol. The highest BCUT2D eigenvalue weighted by molar-refractivity contribution is 7.15.